The Morgan fingerprint density at radius 2 is 2.12 bits per heavy atom. The lowest BCUT2D eigenvalue weighted by atomic mass is 10.0. The Kier molecular flexibility index (Phi) is 5.73. The number of nitrogens with zero attached hydrogens (tertiary/aromatic N) is 4. The number of halogens is 1. The third kappa shape index (κ3) is 4.28. The van der Waals surface area contributed by atoms with Gasteiger partial charge in [-0.1, -0.05) is 25.1 Å². The Balaban J connectivity index is 1.44. The molecule has 4 aromatic rings. The Morgan fingerprint density at radius 1 is 1.24 bits per heavy atom. The first-order chi connectivity index (χ1) is 16.1. The Morgan fingerprint density at radius 3 is 2.97 bits per heavy atom. The van der Waals surface area contributed by atoms with Crippen LogP contribution in [0.25, 0.3) is 22.3 Å². The quantitative estimate of drug-likeness (QED) is 0.467. The van der Waals surface area contributed by atoms with Crippen molar-refractivity contribution < 1.29 is 9.18 Å². The molecule has 0 saturated carbocycles. The number of benzene rings is 1. The molecule has 0 fully saturated rings. The van der Waals surface area contributed by atoms with Gasteiger partial charge < -0.3 is 15.2 Å². The molecule has 4 heterocycles. The first-order valence-corrected chi connectivity index (χ1v) is 11.2. The number of para-hydroxylation sites is 1. The van der Waals surface area contributed by atoms with Crippen molar-refractivity contribution in [3.63, 3.8) is 0 Å². The van der Waals surface area contributed by atoms with E-state index in [-0.39, 0.29) is 5.91 Å². The number of anilines is 1. The summed E-state index contributed by atoms with van der Waals surface area (Å²) < 4.78 is 13.8. The van der Waals surface area contributed by atoms with Gasteiger partial charge in [0.15, 0.2) is 5.82 Å². The van der Waals surface area contributed by atoms with Crippen LogP contribution in [0.3, 0.4) is 0 Å². The SMILES string of the molecule is CCC(=O)N1CCc2c(nc(-c3cncc(F)c3)nc2NCCc2c[nH]c3ccccc23)C1. The second-order valence-electron chi connectivity index (χ2n) is 8.17. The lowest BCUT2D eigenvalue weighted by Gasteiger charge is -2.29. The highest BCUT2D eigenvalue weighted by Gasteiger charge is 2.25. The van der Waals surface area contributed by atoms with Gasteiger partial charge in [-0.05, 0) is 30.5 Å². The molecule has 0 atom stereocenters. The second-order valence-corrected chi connectivity index (χ2v) is 8.17. The molecule has 1 aliphatic rings. The first kappa shape index (κ1) is 21.1. The molecule has 168 valence electrons. The second kappa shape index (κ2) is 8.97. The van der Waals surface area contributed by atoms with E-state index in [2.05, 4.69) is 27.4 Å². The van der Waals surface area contributed by atoms with Gasteiger partial charge in [0.05, 0.1) is 18.4 Å². The van der Waals surface area contributed by atoms with E-state index < -0.39 is 5.82 Å². The van der Waals surface area contributed by atoms with Gasteiger partial charge in [0.2, 0.25) is 5.91 Å². The number of carbonyl (C=O) groups excluding carboxylic acids is 1. The van der Waals surface area contributed by atoms with Crippen LogP contribution < -0.4 is 5.32 Å². The molecule has 33 heavy (non-hydrogen) atoms. The standard InChI is InChI=1S/C25H25FN6O/c1-2-23(33)32-10-8-20-22(15-32)30-24(17-11-18(26)14-27-12-17)31-25(20)28-9-7-16-13-29-21-6-4-3-5-19(16)21/h3-6,11-14,29H,2,7-10,15H2,1H3,(H,28,30,31). The average Bonchev–Trinajstić information content (AvgIpc) is 3.26. The zero-order valence-corrected chi connectivity index (χ0v) is 18.4. The molecule has 5 rings (SSSR count). The van der Waals surface area contributed by atoms with Crippen molar-refractivity contribution in [2.24, 2.45) is 0 Å². The zero-order valence-electron chi connectivity index (χ0n) is 18.4. The van der Waals surface area contributed by atoms with Crippen molar-refractivity contribution in [2.75, 3.05) is 18.4 Å². The molecule has 0 aliphatic carbocycles. The van der Waals surface area contributed by atoms with Crippen molar-refractivity contribution in [3.8, 4) is 11.4 Å². The van der Waals surface area contributed by atoms with Crippen LogP contribution in [-0.2, 0) is 24.2 Å². The van der Waals surface area contributed by atoms with E-state index in [1.54, 1.807) is 6.20 Å². The molecule has 0 radical (unpaired) electrons. The van der Waals surface area contributed by atoms with E-state index in [9.17, 15) is 9.18 Å². The fourth-order valence-electron chi connectivity index (χ4n) is 4.33. The highest BCUT2D eigenvalue weighted by Crippen LogP contribution is 2.28. The minimum absolute atomic E-state index is 0.0991. The molecule has 3 aromatic heterocycles. The summed E-state index contributed by atoms with van der Waals surface area (Å²) in [6, 6.07) is 9.61. The third-order valence-electron chi connectivity index (χ3n) is 6.05. The van der Waals surface area contributed by atoms with Crippen LogP contribution in [0.2, 0.25) is 0 Å². The predicted octanol–water partition coefficient (Wildman–Crippen LogP) is 4.11. The van der Waals surface area contributed by atoms with Crippen molar-refractivity contribution in [2.45, 2.75) is 32.7 Å². The molecule has 1 amide bonds. The third-order valence-corrected chi connectivity index (χ3v) is 6.05. The number of H-pyrrole nitrogens is 1. The van der Waals surface area contributed by atoms with Gasteiger partial charge in [-0.25, -0.2) is 14.4 Å². The summed E-state index contributed by atoms with van der Waals surface area (Å²) in [4.78, 5) is 30.8. The number of hydrogen-bond donors (Lipinski definition) is 2. The minimum Gasteiger partial charge on any atom is -0.369 e. The van der Waals surface area contributed by atoms with Crippen LogP contribution in [0, 0.1) is 5.82 Å². The number of carbonyl (C=O) groups is 1. The zero-order chi connectivity index (χ0) is 22.8. The summed E-state index contributed by atoms with van der Waals surface area (Å²) in [5.74, 6) is 0.802. The van der Waals surface area contributed by atoms with Crippen molar-refractivity contribution in [3.05, 3.63) is 71.6 Å². The topological polar surface area (TPSA) is 86.8 Å². The van der Waals surface area contributed by atoms with Crippen LogP contribution in [0.1, 0.15) is 30.2 Å². The van der Waals surface area contributed by atoms with Gasteiger partial charge in [-0.15, -0.1) is 0 Å². The molecule has 1 aromatic carbocycles. The number of pyridine rings is 1. The van der Waals surface area contributed by atoms with E-state index in [1.807, 2.05) is 30.2 Å². The number of aromatic amines is 1. The van der Waals surface area contributed by atoms with Gasteiger partial charge in [-0.3, -0.25) is 9.78 Å². The van der Waals surface area contributed by atoms with Crippen molar-refractivity contribution in [1.29, 1.82) is 0 Å². The molecular formula is C25H25FN6O. The molecule has 0 spiro atoms. The van der Waals surface area contributed by atoms with E-state index in [0.717, 1.165) is 35.2 Å². The number of amides is 1. The molecule has 2 N–H and O–H groups in total. The summed E-state index contributed by atoms with van der Waals surface area (Å²) in [5, 5.41) is 4.69. The first-order valence-electron chi connectivity index (χ1n) is 11.2. The largest absolute Gasteiger partial charge is 0.369 e. The van der Waals surface area contributed by atoms with Crippen LogP contribution >= 0.6 is 0 Å². The van der Waals surface area contributed by atoms with Crippen molar-refractivity contribution >= 4 is 22.6 Å². The lowest BCUT2D eigenvalue weighted by molar-refractivity contribution is -0.131. The van der Waals surface area contributed by atoms with Crippen LogP contribution in [0.15, 0.2) is 48.9 Å². The maximum atomic E-state index is 13.8. The molecular weight excluding hydrogens is 419 g/mol. The number of rotatable bonds is 6. The normalized spacial score (nSPS) is 13.2. The minimum atomic E-state index is -0.439. The summed E-state index contributed by atoms with van der Waals surface area (Å²) in [6.07, 6.45) is 6.71. The predicted molar refractivity (Wildman–Crippen MR) is 125 cm³/mol. The molecule has 0 saturated heterocycles. The fourth-order valence-corrected chi connectivity index (χ4v) is 4.33. The molecule has 0 unspecified atom stereocenters. The Bertz CT molecular complexity index is 1320. The smallest absolute Gasteiger partial charge is 0.222 e. The van der Waals surface area contributed by atoms with Crippen LogP contribution in [-0.4, -0.2) is 43.8 Å². The monoisotopic (exact) mass is 444 g/mol. The van der Waals surface area contributed by atoms with E-state index in [4.69, 9.17) is 9.97 Å². The van der Waals surface area contributed by atoms with Gasteiger partial charge in [0.25, 0.3) is 0 Å². The summed E-state index contributed by atoms with van der Waals surface area (Å²) >= 11 is 0. The maximum Gasteiger partial charge on any atom is 0.222 e. The van der Waals surface area contributed by atoms with Gasteiger partial charge in [0, 0.05) is 53.9 Å². The Labute approximate surface area is 191 Å². The van der Waals surface area contributed by atoms with Gasteiger partial charge >= 0.3 is 0 Å². The van der Waals surface area contributed by atoms with E-state index in [0.29, 0.717) is 43.9 Å². The molecule has 0 bridgehead atoms. The van der Waals surface area contributed by atoms with Crippen LogP contribution in [0.4, 0.5) is 10.2 Å². The van der Waals surface area contributed by atoms with Gasteiger partial charge in [0.1, 0.15) is 11.6 Å². The summed E-state index contributed by atoms with van der Waals surface area (Å²) in [7, 11) is 0. The molecule has 1 aliphatic heterocycles. The number of fused-ring (bicyclic) bond motifs is 2. The lowest BCUT2D eigenvalue weighted by Crippen LogP contribution is -2.36. The average molecular weight is 445 g/mol. The molecule has 8 heteroatoms. The summed E-state index contributed by atoms with van der Waals surface area (Å²) in [6.45, 7) is 3.61. The van der Waals surface area contributed by atoms with E-state index >= 15 is 0 Å². The summed E-state index contributed by atoms with van der Waals surface area (Å²) in [5.41, 5.74) is 4.68. The number of hydrogen-bond acceptors (Lipinski definition) is 5. The van der Waals surface area contributed by atoms with E-state index in [1.165, 1.54) is 17.0 Å². The highest BCUT2D eigenvalue weighted by molar-refractivity contribution is 5.83. The molecule has 7 nitrogen and oxygen atoms in total. The maximum absolute atomic E-state index is 13.8. The Hall–Kier alpha value is -3.81. The van der Waals surface area contributed by atoms with Crippen LogP contribution in [0.5, 0.6) is 0 Å². The van der Waals surface area contributed by atoms with Gasteiger partial charge in [-0.2, -0.15) is 0 Å². The van der Waals surface area contributed by atoms with Crippen molar-refractivity contribution in [1.82, 2.24) is 24.8 Å². The fraction of sp³-hybridized carbons (Fsp3) is 0.280. The highest BCUT2D eigenvalue weighted by atomic mass is 19.1. The number of aromatic nitrogens is 4. The number of nitrogens with one attached hydrogen (secondary N) is 2.